The van der Waals surface area contributed by atoms with Crippen molar-refractivity contribution in [3.63, 3.8) is 0 Å². The van der Waals surface area contributed by atoms with E-state index in [4.69, 9.17) is 15.2 Å². The Morgan fingerprint density at radius 3 is 2.67 bits per heavy atom. The molecule has 1 fully saturated rings. The second kappa shape index (κ2) is 5.52. The van der Waals surface area contributed by atoms with E-state index in [1.807, 2.05) is 35.0 Å². The number of anilines is 1. The first-order valence-electron chi connectivity index (χ1n) is 6.95. The van der Waals surface area contributed by atoms with Crippen LogP contribution in [0.1, 0.15) is 34.9 Å². The number of aromatic nitrogens is 1. The second-order valence-corrected chi connectivity index (χ2v) is 5.22. The first-order chi connectivity index (χ1) is 10.2. The molecule has 1 heterocycles. The van der Waals surface area contributed by atoms with Crippen LogP contribution in [0.2, 0.25) is 0 Å². The fourth-order valence-corrected chi connectivity index (χ4v) is 2.26. The summed E-state index contributed by atoms with van der Waals surface area (Å²) in [7, 11) is 1.62. The Labute approximate surface area is 123 Å². The molecule has 0 radical (unpaired) electrons. The first kappa shape index (κ1) is 13.5. The number of nitrogens with zero attached hydrogens (tertiary/aromatic N) is 1. The highest BCUT2D eigenvalue weighted by Crippen LogP contribution is 2.37. The smallest absolute Gasteiger partial charge is 0.355 e. The number of ether oxygens (including phenoxy) is 2. The average molecular weight is 286 g/mol. The maximum atomic E-state index is 12.2. The molecule has 1 aromatic heterocycles. The summed E-state index contributed by atoms with van der Waals surface area (Å²) < 4.78 is 12.4. The standard InChI is InChI=1S/C16H18N2O3/c1-20-14-6-2-11(3-7-14)10-21-16(19)15-8-12(17)9-18(15)13-4-5-13/h2-3,6-9,13H,4-5,10,17H2,1H3. The van der Waals surface area contributed by atoms with Crippen molar-refractivity contribution >= 4 is 11.7 Å². The molecule has 2 N–H and O–H groups in total. The zero-order valence-electron chi connectivity index (χ0n) is 11.9. The van der Waals surface area contributed by atoms with Crippen LogP contribution in [0, 0.1) is 0 Å². The molecule has 2 aromatic rings. The molecule has 0 spiro atoms. The van der Waals surface area contributed by atoms with Gasteiger partial charge in [0.2, 0.25) is 0 Å². The van der Waals surface area contributed by atoms with E-state index in [1.165, 1.54) is 0 Å². The maximum absolute atomic E-state index is 12.2. The zero-order chi connectivity index (χ0) is 14.8. The Bertz CT molecular complexity index is 642. The molecule has 0 amide bonds. The lowest BCUT2D eigenvalue weighted by atomic mass is 10.2. The molecule has 110 valence electrons. The van der Waals surface area contributed by atoms with Gasteiger partial charge in [0.15, 0.2) is 0 Å². The van der Waals surface area contributed by atoms with Gasteiger partial charge in [0.1, 0.15) is 18.1 Å². The van der Waals surface area contributed by atoms with Gasteiger partial charge in [-0.2, -0.15) is 0 Å². The lowest BCUT2D eigenvalue weighted by molar-refractivity contribution is 0.0460. The van der Waals surface area contributed by atoms with Gasteiger partial charge in [0.25, 0.3) is 0 Å². The molecule has 1 aliphatic carbocycles. The van der Waals surface area contributed by atoms with E-state index in [0.717, 1.165) is 24.2 Å². The number of rotatable bonds is 5. The summed E-state index contributed by atoms with van der Waals surface area (Å²) in [6.45, 7) is 0.235. The number of nitrogens with two attached hydrogens (primary N) is 1. The molecule has 3 rings (SSSR count). The summed E-state index contributed by atoms with van der Waals surface area (Å²) in [5.41, 5.74) is 7.82. The van der Waals surface area contributed by atoms with Gasteiger partial charge in [-0.05, 0) is 36.6 Å². The summed E-state index contributed by atoms with van der Waals surface area (Å²) in [5, 5.41) is 0. The van der Waals surface area contributed by atoms with Crippen molar-refractivity contribution in [3.8, 4) is 5.75 Å². The van der Waals surface area contributed by atoms with E-state index < -0.39 is 0 Å². The SMILES string of the molecule is COc1ccc(COC(=O)c2cc(N)cn2C2CC2)cc1. The quantitative estimate of drug-likeness (QED) is 0.858. The Kier molecular flexibility index (Phi) is 3.56. The van der Waals surface area contributed by atoms with Crippen molar-refractivity contribution in [1.29, 1.82) is 0 Å². The van der Waals surface area contributed by atoms with Crippen molar-refractivity contribution in [3.05, 3.63) is 47.8 Å². The Hall–Kier alpha value is -2.43. The van der Waals surface area contributed by atoms with Crippen molar-refractivity contribution < 1.29 is 14.3 Å². The van der Waals surface area contributed by atoms with Gasteiger partial charge in [-0.15, -0.1) is 0 Å². The summed E-state index contributed by atoms with van der Waals surface area (Å²) in [4.78, 5) is 12.2. The Morgan fingerprint density at radius 2 is 2.05 bits per heavy atom. The molecule has 5 heteroatoms. The molecule has 1 saturated carbocycles. The zero-order valence-corrected chi connectivity index (χ0v) is 11.9. The predicted molar refractivity (Wildman–Crippen MR) is 79.2 cm³/mol. The number of carbonyl (C=O) groups is 1. The fourth-order valence-electron chi connectivity index (χ4n) is 2.26. The van der Waals surface area contributed by atoms with Crippen molar-refractivity contribution in [2.45, 2.75) is 25.5 Å². The van der Waals surface area contributed by atoms with Gasteiger partial charge in [0, 0.05) is 12.2 Å². The van der Waals surface area contributed by atoms with Crippen LogP contribution in [-0.4, -0.2) is 17.6 Å². The van der Waals surface area contributed by atoms with Crippen LogP contribution in [-0.2, 0) is 11.3 Å². The van der Waals surface area contributed by atoms with Crippen LogP contribution in [0.4, 0.5) is 5.69 Å². The van der Waals surface area contributed by atoms with E-state index in [2.05, 4.69) is 0 Å². The van der Waals surface area contributed by atoms with Crippen LogP contribution < -0.4 is 10.5 Å². The molecular formula is C16H18N2O3. The van der Waals surface area contributed by atoms with Crippen LogP contribution >= 0.6 is 0 Å². The second-order valence-electron chi connectivity index (χ2n) is 5.22. The highest BCUT2D eigenvalue weighted by molar-refractivity contribution is 5.89. The number of nitrogen functional groups attached to an aromatic ring is 1. The van der Waals surface area contributed by atoms with Gasteiger partial charge in [-0.25, -0.2) is 4.79 Å². The third kappa shape index (κ3) is 3.02. The molecule has 21 heavy (non-hydrogen) atoms. The molecule has 0 bridgehead atoms. The number of carbonyl (C=O) groups excluding carboxylic acids is 1. The van der Waals surface area contributed by atoms with Crippen molar-refractivity contribution in [2.75, 3.05) is 12.8 Å². The van der Waals surface area contributed by atoms with Crippen molar-refractivity contribution in [2.24, 2.45) is 0 Å². The van der Waals surface area contributed by atoms with Gasteiger partial charge >= 0.3 is 5.97 Å². The minimum absolute atomic E-state index is 0.235. The van der Waals surface area contributed by atoms with E-state index in [0.29, 0.717) is 17.4 Å². The highest BCUT2D eigenvalue weighted by Gasteiger charge is 2.28. The Morgan fingerprint density at radius 1 is 1.33 bits per heavy atom. The third-order valence-electron chi connectivity index (χ3n) is 3.55. The van der Waals surface area contributed by atoms with E-state index in [-0.39, 0.29) is 12.6 Å². The molecule has 0 unspecified atom stereocenters. The molecule has 0 aliphatic heterocycles. The molecule has 0 atom stereocenters. The van der Waals surface area contributed by atoms with E-state index in [9.17, 15) is 4.79 Å². The normalized spacial score (nSPS) is 14.0. The lowest BCUT2D eigenvalue weighted by Gasteiger charge is -2.08. The number of benzene rings is 1. The summed E-state index contributed by atoms with van der Waals surface area (Å²) in [5.74, 6) is 0.440. The molecule has 0 saturated heterocycles. The maximum Gasteiger partial charge on any atom is 0.355 e. The fraction of sp³-hybridized carbons (Fsp3) is 0.312. The van der Waals surface area contributed by atoms with Crippen LogP contribution in [0.25, 0.3) is 0 Å². The third-order valence-corrected chi connectivity index (χ3v) is 3.55. The van der Waals surface area contributed by atoms with Crippen LogP contribution in [0.15, 0.2) is 36.5 Å². The first-order valence-corrected chi connectivity index (χ1v) is 6.95. The van der Waals surface area contributed by atoms with Gasteiger partial charge < -0.3 is 19.8 Å². The summed E-state index contributed by atoms with van der Waals surface area (Å²) >= 11 is 0. The average Bonchev–Trinajstić information content (AvgIpc) is 3.27. The monoisotopic (exact) mass is 286 g/mol. The van der Waals surface area contributed by atoms with Gasteiger partial charge in [0.05, 0.1) is 12.8 Å². The van der Waals surface area contributed by atoms with Gasteiger partial charge in [-0.3, -0.25) is 0 Å². The topological polar surface area (TPSA) is 66.5 Å². The number of esters is 1. The minimum atomic E-state index is -0.339. The van der Waals surface area contributed by atoms with Gasteiger partial charge in [-0.1, -0.05) is 12.1 Å². The van der Waals surface area contributed by atoms with Crippen molar-refractivity contribution in [1.82, 2.24) is 4.57 Å². The predicted octanol–water partition coefficient (Wildman–Crippen LogP) is 2.77. The number of hydrogen-bond donors (Lipinski definition) is 1. The number of methoxy groups -OCH3 is 1. The summed E-state index contributed by atoms with van der Waals surface area (Å²) in [6.07, 6.45) is 3.99. The molecular weight excluding hydrogens is 268 g/mol. The largest absolute Gasteiger partial charge is 0.497 e. The Balaban J connectivity index is 1.65. The molecule has 5 nitrogen and oxygen atoms in total. The number of hydrogen-bond acceptors (Lipinski definition) is 4. The summed E-state index contributed by atoms with van der Waals surface area (Å²) in [6, 6.07) is 9.50. The van der Waals surface area contributed by atoms with E-state index >= 15 is 0 Å². The lowest BCUT2D eigenvalue weighted by Crippen LogP contribution is -2.11. The van der Waals surface area contributed by atoms with E-state index in [1.54, 1.807) is 13.2 Å². The molecule has 1 aliphatic rings. The van der Waals surface area contributed by atoms with Crippen LogP contribution in [0.5, 0.6) is 5.75 Å². The van der Waals surface area contributed by atoms with Crippen LogP contribution in [0.3, 0.4) is 0 Å². The minimum Gasteiger partial charge on any atom is -0.497 e. The molecule has 1 aromatic carbocycles. The highest BCUT2D eigenvalue weighted by atomic mass is 16.5.